The normalized spacial score (nSPS) is 25.2. The lowest BCUT2D eigenvalue weighted by Crippen LogP contribution is -2.47. The average molecular weight is 404 g/mol. The van der Waals surface area contributed by atoms with Crippen molar-refractivity contribution in [1.82, 2.24) is 14.7 Å². The molecule has 3 heterocycles. The van der Waals surface area contributed by atoms with Crippen LogP contribution in [-0.4, -0.2) is 72.5 Å². The van der Waals surface area contributed by atoms with Crippen LogP contribution in [0.2, 0.25) is 0 Å². The van der Waals surface area contributed by atoms with Crippen LogP contribution >= 0.6 is 11.3 Å². The third kappa shape index (κ3) is 5.37. The van der Waals surface area contributed by atoms with Crippen LogP contribution in [0.5, 0.6) is 0 Å². The molecule has 156 valence electrons. The summed E-state index contributed by atoms with van der Waals surface area (Å²) >= 11 is 1.59. The second-order valence-electron chi connectivity index (χ2n) is 9.07. The van der Waals surface area contributed by atoms with Crippen molar-refractivity contribution in [2.45, 2.75) is 63.8 Å². The van der Waals surface area contributed by atoms with Gasteiger partial charge in [-0.1, -0.05) is 25.3 Å². The second kappa shape index (κ2) is 10.2. The molecule has 0 aromatic carbocycles. The van der Waals surface area contributed by atoms with Crippen molar-refractivity contribution in [2.24, 2.45) is 5.92 Å². The third-order valence-electron chi connectivity index (χ3n) is 7.02. The number of carbonyl (C=O) groups is 1. The highest BCUT2D eigenvalue weighted by molar-refractivity contribution is 7.12. The molecule has 4 nitrogen and oxygen atoms in total. The molecule has 3 aliphatic rings. The molecule has 2 aliphatic heterocycles. The van der Waals surface area contributed by atoms with Crippen LogP contribution in [0.15, 0.2) is 17.5 Å². The monoisotopic (exact) mass is 403 g/mol. The van der Waals surface area contributed by atoms with Gasteiger partial charge in [0.15, 0.2) is 0 Å². The van der Waals surface area contributed by atoms with Crippen LogP contribution in [0.1, 0.15) is 67.5 Å². The van der Waals surface area contributed by atoms with Crippen LogP contribution in [0.4, 0.5) is 0 Å². The highest BCUT2D eigenvalue weighted by Gasteiger charge is 2.30. The van der Waals surface area contributed by atoms with Gasteiger partial charge in [-0.15, -0.1) is 11.3 Å². The maximum atomic E-state index is 13.2. The first-order chi connectivity index (χ1) is 13.8. The van der Waals surface area contributed by atoms with Gasteiger partial charge in [0.2, 0.25) is 0 Å². The first-order valence-corrected chi connectivity index (χ1v) is 12.5. The van der Waals surface area contributed by atoms with Crippen molar-refractivity contribution < 1.29 is 4.79 Å². The minimum atomic E-state index is 0.255. The van der Waals surface area contributed by atoms with Gasteiger partial charge in [-0.2, -0.15) is 0 Å². The van der Waals surface area contributed by atoms with E-state index in [-0.39, 0.29) is 5.91 Å². The van der Waals surface area contributed by atoms with Crippen LogP contribution in [0.25, 0.3) is 0 Å². The summed E-state index contributed by atoms with van der Waals surface area (Å²) in [7, 11) is 0. The first kappa shape index (κ1) is 20.4. The van der Waals surface area contributed by atoms with Gasteiger partial charge < -0.3 is 14.7 Å². The van der Waals surface area contributed by atoms with E-state index in [1.54, 1.807) is 11.3 Å². The topological polar surface area (TPSA) is 26.8 Å². The van der Waals surface area contributed by atoms with Crippen LogP contribution in [-0.2, 0) is 0 Å². The molecule has 1 aliphatic carbocycles. The SMILES string of the molecule is O=C(c1cccs1)N(CCN1CCCCC1)C[C@@H]1CCCN(C2CCCC2)C1. The molecule has 1 aromatic rings. The highest BCUT2D eigenvalue weighted by Crippen LogP contribution is 2.28. The molecular weight excluding hydrogens is 366 g/mol. The summed E-state index contributed by atoms with van der Waals surface area (Å²) in [5, 5.41) is 2.03. The van der Waals surface area contributed by atoms with Gasteiger partial charge in [-0.3, -0.25) is 4.79 Å². The molecule has 4 rings (SSSR count). The van der Waals surface area contributed by atoms with Crippen LogP contribution in [0.3, 0.4) is 0 Å². The Bertz CT molecular complexity index is 593. The predicted octanol–water partition coefficient (Wildman–Crippen LogP) is 4.33. The largest absolute Gasteiger partial charge is 0.336 e. The summed E-state index contributed by atoms with van der Waals surface area (Å²) in [5.41, 5.74) is 0. The molecule has 0 unspecified atom stereocenters. The predicted molar refractivity (Wildman–Crippen MR) is 117 cm³/mol. The molecule has 1 amide bonds. The van der Waals surface area contributed by atoms with E-state index >= 15 is 0 Å². The van der Waals surface area contributed by atoms with E-state index in [2.05, 4.69) is 14.7 Å². The molecular formula is C23H37N3OS. The summed E-state index contributed by atoms with van der Waals surface area (Å²) in [6.07, 6.45) is 12.2. The maximum absolute atomic E-state index is 13.2. The number of carbonyl (C=O) groups excluding carboxylic acids is 1. The van der Waals surface area contributed by atoms with E-state index in [1.807, 2.05) is 17.5 Å². The van der Waals surface area contributed by atoms with Crippen LogP contribution < -0.4 is 0 Å². The summed E-state index contributed by atoms with van der Waals surface area (Å²) in [6.45, 7) is 7.75. The molecule has 5 heteroatoms. The van der Waals surface area contributed by atoms with E-state index in [0.717, 1.165) is 30.6 Å². The number of hydrogen-bond donors (Lipinski definition) is 0. The van der Waals surface area contributed by atoms with Gasteiger partial charge in [-0.05, 0) is 75.5 Å². The molecule has 0 spiro atoms. The van der Waals surface area contributed by atoms with E-state index in [4.69, 9.17) is 0 Å². The number of hydrogen-bond acceptors (Lipinski definition) is 4. The van der Waals surface area contributed by atoms with Gasteiger partial charge in [0, 0.05) is 32.2 Å². The van der Waals surface area contributed by atoms with Crippen molar-refractivity contribution in [3.05, 3.63) is 22.4 Å². The minimum Gasteiger partial charge on any atom is -0.336 e. The summed E-state index contributed by atoms with van der Waals surface area (Å²) < 4.78 is 0. The Morgan fingerprint density at radius 2 is 1.86 bits per heavy atom. The molecule has 0 bridgehead atoms. The lowest BCUT2D eigenvalue weighted by Gasteiger charge is -2.39. The number of thiophene rings is 1. The Balaban J connectivity index is 1.36. The zero-order valence-electron chi connectivity index (χ0n) is 17.4. The number of likely N-dealkylation sites (tertiary alicyclic amines) is 2. The Kier molecular flexibility index (Phi) is 7.43. The number of piperidine rings is 2. The molecule has 2 saturated heterocycles. The van der Waals surface area contributed by atoms with Gasteiger partial charge in [0.25, 0.3) is 5.91 Å². The van der Waals surface area contributed by atoms with Gasteiger partial charge in [0.1, 0.15) is 0 Å². The zero-order valence-corrected chi connectivity index (χ0v) is 18.2. The van der Waals surface area contributed by atoms with E-state index in [9.17, 15) is 4.79 Å². The Morgan fingerprint density at radius 3 is 2.61 bits per heavy atom. The molecule has 1 saturated carbocycles. The maximum Gasteiger partial charge on any atom is 0.263 e. The molecule has 0 N–H and O–H groups in total. The third-order valence-corrected chi connectivity index (χ3v) is 7.88. The standard InChI is InChI=1S/C23H37N3OS/c27-23(22-11-7-17-28-22)26(16-15-24-12-4-1-5-13-24)19-20-8-6-14-25(18-20)21-9-2-3-10-21/h7,11,17,20-21H,1-6,8-10,12-16,18-19H2/t20-/m1/s1. The van der Waals surface area contributed by atoms with Crippen molar-refractivity contribution in [1.29, 1.82) is 0 Å². The smallest absolute Gasteiger partial charge is 0.263 e. The van der Waals surface area contributed by atoms with Crippen molar-refractivity contribution in [3.8, 4) is 0 Å². The second-order valence-corrected chi connectivity index (χ2v) is 10.0. The molecule has 0 radical (unpaired) electrons. The fourth-order valence-corrected chi connectivity index (χ4v) is 6.13. The average Bonchev–Trinajstić information content (AvgIpc) is 3.46. The Hall–Kier alpha value is -0.910. The molecule has 1 atom stereocenters. The number of amides is 1. The minimum absolute atomic E-state index is 0.255. The van der Waals surface area contributed by atoms with Crippen molar-refractivity contribution in [3.63, 3.8) is 0 Å². The summed E-state index contributed by atoms with van der Waals surface area (Å²) in [6, 6.07) is 4.81. The van der Waals surface area contributed by atoms with E-state index in [0.29, 0.717) is 5.92 Å². The lowest BCUT2D eigenvalue weighted by molar-refractivity contribution is 0.0614. The summed E-state index contributed by atoms with van der Waals surface area (Å²) in [4.78, 5) is 21.6. The quantitative estimate of drug-likeness (QED) is 0.678. The Morgan fingerprint density at radius 1 is 1.04 bits per heavy atom. The Labute approximate surface area is 174 Å². The van der Waals surface area contributed by atoms with Crippen molar-refractivity contribution in [2.75, 3.05) is 45.8 Å². The zero-order chi connectivity index (χ0) is 19.2. The first-order valence-electron chi connectivity index (χ1n) is 11.6. The van der Waals surface area contributed by atoms with Crippen molar-refractivity contribution >= 4 is 17.2 Å². The fourth-order valence-electron chi connectivity index (χ4n) is 5.44. The van der Waals surface area contributed by atoms with E-state index in [1.165, 1.54) is 84.0 Å². The van der Waals surface area contributed by atoms with E-state index < -0.39 is 0 Å². The molecule has 3 fully saturated rings. The summed E-state index contributed by atoms with van der Waals surface area (Å²) in [5.74, 6) is 0.893. The highest BCUT2D eigenvalue weighted by atomic mass is 32.1. The van der Waals surface area contributed by atoms with Gasteiger partial charge >= 0.3 is 0 Å². The molecule has 1 aromatic heterocycles. The lowest BCUT2D eigenvalue weighted by atomic mass is 9.95. The van der Waals surface area contributed by atoms with Crippen LogP contribution in [0, 0.1) is 5.92 Å². The molecule has 28 heavy (non-hydrogen) atoms. The number of nitrogens with zero attached hydrogens (tertiary/aromatic N) is 3. The fraction of sp³-hybridized carbons (Fsp3) is 0.783. The number of rotatable bonds is 7. The van der Waals surface area contributed by atoms with Gasteiger partial charge in [-0.25, -0.2) is 0 Å². The van der Waals surface area contributed by atoms with Gasteiger partial charge in [0.05, 0.1) is 4.88 Å².